The Hall–Kier alpha value is -2.57. The fraction of sp³-hybridized carbons (Fsp3) is 0.440. The van der Waals surface area contributed by atoms with Crippen molar-refractivity contribution < 1.29 is 9.47 Å². The topological polar surface area (TPSA) is 56.6 Å². The van der Waals surface area contributed by atoms with Gasteiger partial charge in [-0.3, -0.25) is 19.2 Å². The zero-order valence-electron chi connectivity index (χ0n) is 18.7. The van der Waals surface area contributed by atoms with E-state index in [2.05, 4.69) is 23.7 Å². The smallest absolute Gasteiger partial charge is 0.258 e. The van der Waals surface area contributed by atoms with E-state index in [-0.39, 0.29) is 18.1 Å². The van der Waals surface area contributed by atoms with Crippen molar-refractivity contribution in [1.82, 2.24) is 14.5 Å². The fourth-order valence-electron chi connectivity index (χ4n) is 4.15. The molecule has 0 bridgehead atoms. The SMILES string of the molecule is CC1CCN(CCOC2=CC=C(n3ccc(OCc4ccc(Cl)cn4)cc3=O)CC2C)C1. The van der Waals surface area contributed by atoms with Crippen molar-refractivity contribution in [3.8, 4) is 5.75 Å². The molecule has 1 aliphatic heterocycles. The first-order chi connectivity index (χ1) is 15.5. The Morgan fingerprint density at radius 2 is 2.06 bits per heavy atom. The lowest BCUT2D eigenvalue weighted by atomic mass is 9.98. The second-order valence-corrected chi connectivity index (χ2v) is 9.14. The molecule has 2 unspecified atom stereocenters. The molecule has 0 N–H and O–H groups in total. The zero-order chi connectivity index (χ0) is 22.5. The molecular weight excluding hydrogens is 426 g/mol. The first-order valence-corrected chi connectivity index (χ1v) is 11.6. The van der Waals surface area contributed by atoms with Gasteiger partial charge in [-0.25, -0.2) is 0 Å². The Morgan fingerprint density at radius 1 is 1.19 bits per heavy atom. The normalized spacial score (nSPS) is 21.2. The Kier molecular flexibility index (Phi) is 7.33. The van der Waals surface area contributed by atoms with Gasteiger partial charge in [0.15, 0.2) is 0 Å². The number of rotatable bonds is 8. The quantitative estimate of drug-likeness (QED) is 0.582. The van der Waals surface area contributed by atoms with Crippen LogP contribution in [0.2, 0.25) is 5.02 Å². The van der Waals surface area contributed by atoms with E-state index >= 15 is 0 Å². The number of halogens is 1. The number of allylic oxidation sites excluding steroid dienone is 4. The number of ether oxygens (including phenoxy) is 2. The molecule has 6 nitrogen and oxygen atoms in total. The van der Waals surface area contributed by atoms with Crippen LogP contribution in [-0.4, -0.2) is 40.7 Å². The van der Waals surface area contributed by atoms with E-state index in [9.17, 15) is 4.79 Å². The number of aromatic nitrogens is 2. The molecule has 4 rings (SSSR count). The van der Waals surface area contributed by atoms with Gasteiger partial charge in [-0.05, 0) is 55.7 Å². The largest absolute Gasteiger partial charge is 0.496 e. The molecule has 2 atom stereocenters. The minimum Gasteiger partial charge on any atom is -0.496 e. The van der Waals surface area contributed by atoms with Gasteiger partial charge in [-0.2, -0.15) is 0 Å². The summed E-state index contributed by atoms with van der Waals surface area (Å²) in [7, 11) is 0. The lowest BCUT2D eigenvalue weighted by molar-refractivity contribution is 0.148. The molecule has 0 spiro atoms. The summed E-state index contributed by atoms with van der Waals surface area (Å²) in [4.78, 5) is 19.3. The Morgan fingerprint density at radius 3 is 2.75 bits per heavy atom. The van der Waals surface area contributed by atoms with Gasteiger partial charge in [0.05, 0.1) is 16.5 Å². The molecule has 1 fully saturated rings. The van der Waals surface area contributed by atoms with Crippen molar-refractivity contribution in [3.05, 3.63) is 75.6 Å². The number of hydrogen-bond donors (Lipinski definition) is 0. The van der Waals surface area contributed by atoms with Crippen LogP contribution in [0.3, 0.4) is 0 Å². The summed E-state index contributed by atoms with van der Waals surface area (Å²) in [5.41, 5.74) is 1.58. The number of pyridine rings is 2. The molecule has 0 radical (unpaired) electrons. The second kappa shape index (κ2) is 10.4. The minimum absolute atomic E-state index is 0.120. The van der Waals surface area contributed by atoms with Gasteiger partial charge in [0.1, 0.15) is 19.0 Å². The van der Waals surface area contributed by atoms with Crippen LogP contribution in [0.15, 0.2) is 59.4 Å². The van der Waals surface area contributed by atoms with Crippen LogP contribution in [0.1, 0.15) is 32.4 Å². The van der Waals surface area contributed by atoms with Crippen LogP contribution in [0, 0.1) is 11.8 Å². The van der Waals surface area contributed by atoms with E-state index in [0.717, 1.165) is 36.0 Å². The van der Waals surface area contributed by atoms with E-state index in [4.69, 9.17) is 21.1 Å². The van der Waals surface area contributed by atoms with Crippen molar-refractivity contribution in [2.75, 3.05) is 26.2 Å². The predicted molar refractivity (Wildman–Crippen MR) is 127 cm³/mol. The average molecular weight is 456 g/mol. The van der Waals surface area contributed by atoms with Crippen LogP contribution in [0.5, 0.6) is 5.75 Å². The third kappa shape index (κ3) is 5.81. The second-order valence-electron chi connectivity index (χ2n) is 8.70. The molecule has 7 heteroatoms. The molecule has 1 saturated heterocycles. The highest BCUT2D eigenvalue weighted by Gasteiger charge is 2.21. The maximum atomic E-state index is 12.7. The zero-order valence-corrected chi connectivity index (χ0v) is 19.4. The van der Waals surface area contributed by atoms with E-state index in [1.807, 2.05) is 12.2 Å². The fourth-order valence-corrected chi connectivity index (χ4v) is 4.26. The maximum absolute atomic E-state index is 12.7. The van der Waals surface area contributed by atoms with Crippen LogP contribution in [-0.2, 0) is 11.3 Å². The molecular formula is C25H30ClN3O3. The summed E-state index contributed by atoms with van der Waals surface area (Å²) in [5, 5.41) is 0.579. The number of hydrogen-bond acceptors (Lipinski definition) is 5. The molecule has 3 heterocycles. The summed E-state index contributed by atoms with van der Waals surface area (Å²) >= 11 is 5.85. The first kappa shape index (κ1) is 22.6. The van der Waals surface area contributed by atoms with Crippen LogP contribution in [0.4, 0.5) is 0 Å². The number of likely N-dealkylation sites (tertiary alicyclic amines) is 1. The summed E-state index contributed by atoms with van der Waals surface area (Å²) in [6.07, 6.45) is 9.35. The predicted octanol–water partition coefficient (Wildman–Crippen LogP) is 4.60. The Balaban J connectivity index is 1.34. The number of nitrogens with zero attached hydrogens (tertiary/aromatic N) is 3. The van der Waals surface area contributed by atoms with Crippen LogP contribution >= 0.6 is 11.6 Å². The van der Waals surface area contributed by atoms with Crippen molar-refractivity contribution in [2.24, 2.45) is 11.8 Å². The van der Waals surface area contributed by atoms with Crippen molar-refractivity contribution in [1.29, 1.82) is 0 Å². The van der Waals surface area contributed by atoms with E-state index in [1.54, 1.807) is 35.2 Å². The van der Waals surface area contributed by atoms with Crippen LogP contribution in [0.25, 0.3) is 5.70 Å². The summed E-state index contributed by atoms with van der Waals surface area (Å²) < 4.78 is 13.4. The standard InChI is InChI=1S/C25H30ClN3O3/c1-18-7-9-28(16-18)11-12-31-24-6-5-22(13-19(24)2)29-10-8-23(14-25(29)30)32-17-21-4-3-20(26)15-27-21/h3-6,8,10,14-15,18-19H,7,9,11-13,16-17H2,1-2H3. The van der Waals surface area contributed by atoms with E-state index < -0.39 is 0 Å². The molecule has 0 aromatic carbocycles. The van der Waals surface area contributed by atoms with E-state index in [0.29, 0.717) is 17.4 Å². The van der Waals surface area contributed by atoms with Crippen LogP contribution < -0.4 is 10.3 Å². The molecule has 2 aliphatic rings. The van der Waals surface area contributed by atoms with Gasteiger partial charge in [-0.15, -0.1) is 0 Å². The van der Waals surface area contributed by atoms with Gasteiger partial charge in [0, 0.05) is 43.2 Å². The highest BCUT2D eigenvalue weighted by Crippen LogP contribution is 2.28. The van der Waals surface area contributed by atoms with E-state index in [1.165, 1.54) is 25.6 Å². The summed E-state index contributed by atoms with van der Waals surface area (Å²) in [6, 6.07) is 6.87. The van der Waals surface area contributed by atoms with Crippen molar-refractivity contribution in [2.45, 2.75) is 33.3 Å². The first-order valence-electron chi connectivity index (χ1n) is 11.2. The highest BCUT2D eigenvalue weighted by molar-refractivity contribution is 6.30. The monoisotopic (exact) mass is 455 g/mol. The highest BCUT2D eigenvalue weighted by atomic mass is 35.5. The van der Waals surface area contributed by atoms with Gasteiger partial charge >= 0.3 is 0 Å². The van der Waals surface area contributed by atoms with Gasteiger partial charge in [-0.1, -0.05) is 25.4 Å². The van der Waals surface area contributed by atoms with Crippen molar-refractivity contribution >= 4 is 17.3 Å². The van der Waals surface area contributed by atoms with Crippen molar-refractivity contribution in [3.63, 3.8) is 0 Å². The molecule has 1 aliphatic carbocycles. The lowest BCUT2D eigenvalue weighted by Crippen LogP contribution is -2.26. The van der Waals surface area contributed by atoms with Gasteiger partial charge in [0.25, 0.3) is 5.56 Å². The Labute approximate surface area is 194 Å². The molecule has 0 saturated carbocycles. The third-order valence-electron chi connectivity index (χ3n) is 6.00. The third-order valence-corrected chi connectivity index (χ3v) is 6.22. The molecule has 0 amide bonds. The average Bonchev–Trinajstić information content (AvgIpc) is 3.19. The maximum Gasteiger partial charge on any atom is 0.258 e. The molecule has 2 aromatic heterocycles. The summed E-state index contributed by atoms with van der Waals surface area (Å²) in [6.45, 7) is 8.73. The molecule has 2 aromatic rings. The van der Waals surface area contributed by atoms with Gasteiger partial charge in [0.2, 0.25) is 0 Å². The Bertz CT molecular complexity index is 1050. The van der Waals surface area contributed by atoms with Gasteiger partial charge < -0.3 is 9.47 Å². The lowest BCUT2D eigenvalue weighted by Gasteiger charge is -2.24. The summed E-state index contributed by atoms with van der Waals surface area (Å²) in [5.74, 6) is 2.52. The molecule has 32 heavy (non-hydrogen) atoms. The molecule has 170 valence electrons. The minimum atomic E-state index is -0.120.